The molecule has 3 rings (SSSR count). The predicted octanol–water partition coefficient (Wildman–Crippen LogP) is 5.12. The average molecular weight is 230 g/mol. The van der Waals surface area contributed by atoms with Gasteiger partial charge in [0.05, 0.1) is 0 Å². The van der Waals surface area contributed by atoms with E-state index in [9.17, 15) is 0 Å². The van der Waals surface area contributed by atoms with Crippen molar-refractivity contribution in [3.8, 4) is 0 Å². The summed E-state index contributed by atoms with van der Waals surface area (Å²) < 4.78 is 0. The molecule has 0 nitrogen and oxygen atoms in total. The fourth-order valence-electron chi connectivity index (χ4n) is 4.28. The molecule has 0 N–H and O–H groups in total. The van der Waals surface area contributed by atoms with Crippen LogP contribution in [-0.4, -0.2) is 0 Å². The normalized spacial score (nSPS) is 36.3. The Labute approximate surface area is 106 Å². The van der Waals surface area contributed by atoms with E-state index in [2.05, 4.69) is 32.9 Å². The van der Waals surface area contributed by atoms with Crippen LogP contribution < -0.4 is 0 Å². The Bertz CT molecular complexity index is 364. The lowest BCUT2D eigenvalue weighted by atomic mass is 9.75. The summed E-state index contributed by atoms with van der Waals surface area (Å²) in [6, 6.07) is 0. The molecule has 0 bridgehead atoms. The fourth-order valence-corrected chi connectivity index (χ4v) is 4.28. The highest BCUT2D eigenvalue weighted by Crippen LogP contribution is 2.49. The fraction of sp³-hybridized carbons (Fsp3) is 0.765. The molecule has 2 saturated carbocycles. The third kappa shape index (κ3) is 2.23. The van der Waals surface area contributed by atoms with E-state index in [1.807, 2.05) is 0 Å². The second kappa shape index (κ2) is 4.00. The molecule has 0 amide bonds. The van der Waals surface area contributed by atoms with Crippen LogP contribution in [0.15, 0.2) is 23.3 Å². The first-order chi connectivity index (χ1) is 8.03. The first-order valence-electron chi connectivity index (χ1n) is 7.45. The summed E-state index contributed by atoms with van der Waals surface area (Å²) in [4.78, 5) is 0. The van der Waals surface area contributed by atoms with Crippen LogP contribution in [-0.2, 0) is 0 Å². The molecule has 3 aliphatic rings. The highest BCUT2D eigenvalue weighted by atomic mass is 14.4. The molecule has 17 heavy (non-hydrogen) atoms. The van der Waals surface area contributed by atoms with Gasteiger partial charge in [0.15, 0.2) is 0 Å². The number of rotatable bonds is 1. The van der Waals surface area contributed by atoms with Gasteiger partial charge in [0, 0.05) is 0 Å². The van der Waals surface area contributed by atoms with Crippen molar-refractivity contribution in [1.29, 1.82) is 0 Å². The molecule has 0 heteroatoms. The third-order valence-electron chi connectivity index (χ3n) is 4.90. The first-order valence-corrected chi connectivity index (χ1v) is 7.45. The Morgan fingerprint density at radius 3 is 2.47 bits per heavy atom. The van der Waals surface area contributed by atoms with Gasteiger partial charge in [0.25, 0.3) is 0 Å². The van der Waals surface area contributed by atoms with E-state index in [0.29, 0.717) is 5.41 Å². The molecule has 0 aromatic carbocycles. The Balaban J connectivity index is 1.78. The second-order valence-electron chi connectivity index (χ2n) is 7.58. The van der Waals surface area contributed by atoms with E-state index >= 15 is 0 Å². The van der Waals surface area contributed by atoms with Crippen molar-refractivity contribution in [2.24, 2.45) is 23.2 Å². The summed E-state index contributed by atoms with van der Waals surface area (Å²) in [7, 11) is 0. The van der Waals surface area contributed by atoms with E-state index in [1.54, 1.807) is 11.1 Å². The maximum Gasteiger partial charge on any atom is -0.0136 e. The maximum atomic E-state index is 2.68. The van der Waals surface area contributed by atoms with Crippen molar-refractivity contribution < 1.29 is 0 Å². The molecular weight excluding hydrogens is 204 g/mol. The molecule has 0 aromatic rings. The molecule has 0 heterocycles. The van der Waals surface area contributed by atoms with E-state index in [1.165, 1.54) is 38.5 Å². The van der Waals surface area contributed by atoms with Gasteiger partial charge in [-0.2, -0.15) is 0 Å². The lowest BCUT2D eigenvalue weighted by Gasteiger charge is -2.30. The van der Waals surface area contributed by atoms with Crippen LogP contribution in [0.1, 0.15) is 59.3 Å². The largest absolute Gasteiger partial charge is 0.0773 e. The monoisotopic (exact) mass is 230 g/mol. The first kappa shape index (κ1) is 11.6. The van der Waals surface area contributed by atoms with Gasteiger partial charge in [-0.05, 0) is 72.8 Å². The number of fused-ring (bicyclic) bond motifs is 2. The molecule has 0 saturated heterocycles. The number of hydrogen-bond acceptors (Lipinski definition) is 0. The van der Waals surface area contributed by atoms with E-state index in [4.69, 9.17) is 0 Å². The van der Waals surface area contributed by atoms with Crippen LogP contribution in [0.5, 0.6) is 0 Å². The molecule has 94 valence electrons. The predicted molar refractivity (Wildman–Crippen MR) is 73.8 cm³/mol. The lowest BCUT2D eigenvalue weighted by molar-refractivity contribution is 0.261. The molecule has 3 unspecified atom stereocenters. The second-order valence-corrected chi connectivity index (χ2v) is 7.58. The Morgan fingerprint density at radius 2 is 1.76 bits per heavy atom. The van der Waals surface area contributed by atoms with Crippen molar-refractivity contribution in [1.82, 2.24) is 0 Å². The molecule has 3 aliphatic carbocycles. The molecule has 0 aliphatic heterocycles. The Hall–Kier alpha value is -0.520. The summed E-state index contributed by atoms with van der Waals surface area (Å²) >= 11 is 0. The summed E-state index contributed by atoms with van der Waals surface area (Å²) in [5.41, 5.74) is 3.92. The summed E-state index contributed by atoms with van der Waals surface area (Å²) in [5, 5.41) is 0. The quantitative estimate of drug-likeness (QED) is 0.587. The van der Waals surface area contributed by atoms with Gasteiger partial charge >= 0.3 is 0 Å². The van der Waals surface area contributed by atoms with Crippen molar-refractivity contribution in [3.63, 3.8) is 0 Å². The summed E-state index contributed by atoms with van der Waals surface area (Å²) in [6.45, 7) is 7.19. The van der Waals surface area contributed by atoms with Crippen LogP contribution in [0, 0.1) is 23.2 Å². The zero-order valence-electron chi connectivity index (χ0n) is 11.6. The molecular formula is C17H26. The van der Waals surface area contributed by atoms with Crippen LogP contribution >= 0.6 is 0 Å². The Kier molecular flexibility index (Phi) is 2.72. The minimum atomic E-state index is 0.498. The highest BCUT2D eigenvalue weighted by molar-refractivity contribution is 5.40. The molecule has 2 fully saturated rings. The third-order valence-corrected chi connectivity index (χ3v) is 4.90. The van der Waals surface area contributed by atoms with Gasteiger partial charge in [-0.1, -0.05) is 32.9 Å². The van der Waals surface area contributed by atoms with Crippen LogP contribution in [0.25, 0.3) is 0 Å². The van der Waals surface area contributed by atoms with E-state index in [-0.39, 0.29) is 0 Å². The van der Waals surface area contributed by atoms with Crippen molar-refractivity contribution >= 4 is 0 Å². The summed E-state index contributed by atoms with van der Waals surface area (Å²) in [6.07, 6.45) is 13.8. The van der Waals surface area contributed by atoms with Gasteiger partial charge in [-0.25, -0.2) is 0 Å². The van der Waals surface area contributed by atoms with E-state index < -0.39 is 0 Å². The minimum Gasteiger partial charge on any atom is -0.0773 e. The van der Waals surface area contributed by atoms with Gasteiger partial charge in [-0.3, -0.25) is 0 Å². The van der Waals surface area contributed by atoms with Crippen molar-refractivity contribution in [2.75, 3.05) is 0 Å². The minimum absolute atomic E-state index is 0.498. The molecule has 3 atom stereocenters. The number of allylic oxidation sites excluding steroid dienone is 4. The molecule has 0 spiro atoms. The molecule has 0 radical (unpaired) electrons. The van der Waals surface area contributed by atoms with Gasteiger partial charge < -0.3 is 0 Å². The van der Waals surface area contributed by atoms with Crippen molar-refractivity contribution in [2.45, 2.75) is 59.3 Å². The van der Waals surface area contributed by atoms with Crippen LogP contribution in [0.4, 0.5) is 0 Å². The standard InChI is InChI=1S/C17H26/c1-17(2,3)11-15-8-7-14-9-12-5-4-6-13(12)10-16(14)15/h9-10,14-16H,4-8,11H2,1-3H3. The number of hydrogen-bond donors (Lipinski definition) is 0. The van der Waals surface area contributed by atoms with Gasteiger partial charge in [0.1, 0.15) is 0 Å². The van der Waals surface area contributed by atoms with Crippen molar-refractivity contribution in [3.05, 3.63) is 23.3 Å². The van der Waals surface area contributed by atoms with Crippen LogP contribution in [0.2, 0.25) is 0 Å². The topological polar surface area (TPSA) is 0 Å². The van der Waals surface area contributed by atoms with Crippen LogP contribution in [0.3, 0.4) is 0 Å². The molecule has 0 aromatic heterocycles. The Morgan fingerprint density at radius 1 is 1.06 bits per heavy atom. The zero-order chi connectivity index (χ0) is 12.0. The zero-order valence-corrected chi connectivity index (χ0v) is 11.6. The smallest absolute Gasteiger partial charge is 0.0136 e. The van der Waals surface area contributed by atoms with E-state index in [0.717, 1.165) is 17.8 Å². The lowest BCUT2D eigenvalue weighted by Crippen LogP contribution is -2.20. The average Bonchev–Trinajstić information content (AvgIpc) is 2.80. The van der Waals surface area contributed by atoms with Gasteiger partial charge in [-0.15, -0.1) is 0 Å². The SMILES string of the molecule is CC(C)(C)CC1CCC2C=C3CCCC3=CC21. The summed E-state index contributed by atoms with van der Waals surface area (Å²) in [5.74, 6) is 2.72. The maximum absolute atomic E-state index is 2.68. The van der Waals surface area contributed by atoms with Gasteiger partial charge in [0.2, 0.25) is 0 Å². The highest BCUT2D eigenvalue weighted by Gasteiger charge is 2.38.